The molecule has 0 fully saturated rings. The molecule has 142 valence electrons. The lowest BCUT2D eigenvalue weighted by molar-refractivity contribution is -0.132. The second-order valence-corrected chi connectivity index (χ2v) is 5.06. The van der Waals surface area contributed by atoms with E-state index in [1.807, 2.05) is 13.8 Å². The van der Waals surface area contributed by atoms with E-state index >= 15 is 0 Å². The molecule has 7 heteroatoms. The number of aliphatic imine (C=N–C) groups is 1. The molecule has 26 heavy (non-hydrogen) atoms. The minimum absolute atomic E-state index is 0.00104. The van der Waals surface area contributed by atoms with Crippen LogP contribution in [-0.4, -0.2) is 23.0 Å². The molecule has 0 atom stereocenters. The molecule has 0 aliphatic rings. The molecule has 0 unspecified atom stereocenters. The van der Waals surface area contributed by atoms with Gasteiger partial charge in [-0.2, -0.15) is 13.2 Å². The Hall–Kier alpha value is -2.83. The van der Waals surface area contributed by atoms with E-state index < -0.39 is 23.4 Å². The van der Waals surface area contributed by atoms with Gasteiger partial charge in [0.1, 0.15) is 5.57 Å². The highest BCUT2D eigenvalue weighted by atomic mass is 19.4. The van der Waals surface area contributed by atoms with Crippen molar-refractivity contribution in [1.29, 1.82) is 0 Å². The van der Waals surface area contributed by atoms with E-state index in [0.717, 1.165) is 12.0 Å². The number of nitrogens with zero attached hydrogens (tertiary/aromatic N) is 1. The van der Waals surface area contributed by atoms with Crippen LogP contribution in [0.1, 0.15) is 31.4 Å². The minimum Gasteiger partial charge on any atom is -0.478 e. The quantitative estimate of drug-likeness (QED) is 0.420. The van der Waals surface area contributed by atoms with Gasteiger partial charge in [-0.1, -0.05) is 44.2 Å². The number of rotatable bonds is 6. The summed E-state index contributed by atoms with van der Waals surface area (Å²) in [7, 11) is 0. The van der Waals surface area contributed by atoms with Crippen LogP contribution in [0.15, 0.2) is 54.2 Å². The zero-order chi connectivity index (χ0) is 20.3. The topological polar surface area (TPSA) is 75.7 Å². The van der Waals surface area contributed by atoms with Crippen molar-refractivity contribution in [3.63, 3.8) is 0 Å². The molecule has 0 saturated carbocycles. The summed E-state index contributed by atoms with van der Waals surface area (Å²) in [5.74, 6) is -1.80. The Kier molecular flexibility index (Phi) is 9.73. The molecule has 0 radical (unpaired) electrons. The van der Waals surface area contributed by atoms with E-state index in [-0.39, 0.29) is 5.69 Å². The van der Waals surface area contributed by atoms with Crippen molar-refractivity contribution in [2.24, 2.45) is 10.7 Å². The van der Waals surface area contributed by atoms with Gasteiger partial charge >= 0.3 is 12.1 Å². The summed E-state index contributed by atoms with van der Waals surface area (Å²) in [5.41, 5.74) is 3.61. The number of allylic oxidation sites excluding steroid dienone is 1. The Balaban J connectivity index is 0.00000194. The number of alkyl halides is 3. The number of carboxylic acids is 1. The molecule has 0 heterocycles. The fraction of sp³-hybridized carbons (Fsp3) is 0.263. The van der Waals surface area contributed by atoms with E-state index in [4.69, 9.17) is 10.8 Å². The number of hydrogen-bond acceptors (Lipinski definition) is 3. The first-order valence-corrected chi connectivity index (χ1v) is 7.80. The highest BCUT2D eigenvalue weighted by Crippen LogP contribution is 2.30. The Morgan fingerprint density at radius 3 is 2.31 bits per heavy atom. The molecule has 0 aliphatic heterocycles. The lowest BCUT2D eigenvalue weighted by Gasteiger charge is -2.13. The summed E-state index contributed by atoms with van der Waals surface area (Å²) in [4.78, 5) is 14.5. The molecular weight excluding hydrogens is 345 g/mol. The van der Waals surface area contributed by atoms with E-state index in [9.17, 15) is 18.0 Å². The molecular formula is C19H23F3N2O2. The average Bonchev–Trinajstić information content (AvgIpc) is 2.54. The summed E-state index contributed by atoms with van der Waals surface area (Å²) < 4.78 is 39.5. The number of benzene rings is 1. The largest absolute Gasteiger partial charge is 0.478 e. The Morgan fingerprint density at radius 1 is 1.35 bits per heavy atom. The van der Waals surface area contributed by atoms with Gasteiger partial charge in [-0.3, -0.25) is 0 Å². The van der Waals surface area contributed by atoms with Crippen molar-refractivity contribution in [2.45, 2.75) is 32.9 Å². The van der Waals surface area contributed by atoms with E-state index in [2.05, 4.69) is 18.2 Å². The number of carboxylic acid groups (broad SMARTS) is 1. The van der Waals surface area contributed by atoms with Crippen molar-refractivity contribution in [3.05, 3.63) is 60.3 Å². The number of carbonyl (C=O) groups is 1. The second-order valence-electron chi connectivity index (χ2n) is 5.06. The maximum Gasteiger partial charge on any atom is 0.434 e. The first-order chi connectivity index (χ1) is 12.2. The van der Waals surface area contributed by atoms with Gasteiger partial charge in [-0.05, 0) is 25.0 Å². The molecule has 1 aromatic rings. The Labute approximate surface area is 151 Å². The molecule has 0 bridgehead atoms. The third-order valence-corrected chi connectivity index (χ3v) is 3.05. The van der Waals surface area contributed by atoms with Crippen LogP contribution in [0.3, 0.4) is 0 Å². The molecule has 0 saturated heterocycles. The average molecular weight is 368 g/mol. The molecule has 0 aliphatic carbocycles. The second kappa shape index (κ2) is 10.9. The van der Waals surface area contributed by atoms with Crippen LogP contribution in [-0.2, 0) is 11.2 Å². The molecule has 3 N–H and O–H groups in total. The van der Waals surface area contributed by atoms with Crippen molar-refractivity contribution in [1.82, 2.24) is 0 Å². The predicted octanol–water partition coefficient (Wildman–Crippen LogP) is 5.04. The number of aryl methyl sites for hydroxylation is 1. The van der Waals surface area contributed by atoms with Crippen LogP contribution in [0.2, 0.25) is 0 Å². The molecule has 0 spiro atoms. The first-order valence-electron chi connectivity index (χ1n) is 7.80. The number of nitrogens with two attached hydrogens (primary N) is 1. The lowest BCUT2D eigenvalue weighted by Crippen LogP contribution is -2.29. The summed E-state index contributed by atoms with van der Waals surface area (Å²) in [6, 6.07) is 4.71. The smallest absolute Gasteiger partial charge is 0.434 e. The summed E-state index contributed by atoms with van der Waals surface area (Å²) >= 11 is 0. The van der Waals surface area contributed by atoms with Gasteiger partial charge < -0.3 is 10.8 Å². The van der Waals surface area contributed by atoms with Crippen molar-refractivity contribution >= 4 is 23.4 Å². The van der Waals surface area contributed by atoms with Gasteiger partial charge in [0.15, 0.2) is 5.71 Å². The molecule has 4 nitrogen and oxygen atoms in total. The van der Waals surface area contributed by atoms with Gasteiger partial charge in [-0.25, -0.2) is 9.79 Å². The lowest BCUT2D eigenvalue weighted by atomic mass is 10.0. The summed E-state index contributed by atoms with van der Waals surface area (Å²) in [6.45, 7) is 10.8. The first kappa shape index (κ1) is 23.2. The number of aliphatic carboxylic acids is 1. The summed E-state index contributed by atoms with van der Waals surface area (Å²) in [5, 5.41) is 8.90. The van der Waals surface area contributed by atoms with Gasteiger partial charge in [0.05, 0.1) is 5.69 Å². The van der Waals surface area contributed by atoms with Crippen molar-refractivity contribution in [3.8, 4) is 0 Å². The Bertz CT molecular complexity index is 705. The van der Waals surface area contributed by atoms with E-state index in [1.54, 1.807) is 18.2 Å². The Morgan fingerprint density at radius 2 is 1.92 bits per heavy atom. The fourth-order valence-electron chi connectivity index (χ4n) is 2.07. The summed E-state index contributed by atoms with van der Waals surface area (Å²) in [6.07, 6.45) is 0.0269. The predicted molar refractivity (Wildman–Crippen MR) is 99.5 cm³/mol. The van der Waals surface area contributed by atoms with Crippen LogP contribution in [0.25, 0.3) is 6.08 Å². The van der Waals surface area contributed by atoms with Crippen LogP contribution in [0, 0.1) is 0 Å². The highest BCUT2D eigenvalue weighted by Gasteiger charge is 2.40. The van der Waals surface area contributed by atoms with Crippen LogP contribution in [0.5, 0.6) is 0 Å². The standard InChI is InChI=1S/C16H17F3N2O2.C3H6/c1-3-6-10-7-5-8-13(11(10)4-2)21-14(16(17,18)19)12(9-20)15(22)23;1-3-2/h4-5,7-9H,2-3,6,20H2,1H3,(H,22,23);3H,1H2,2H3/b12-9+,21-14?;. The third kappa shape index (κ3) is 6.58. The normalized spacial score (nSPS) is 12.0. The minimum atomic E-state index is -4.96. The number of hydrogen-bond donors (Lipinski definition) is 2. The van der Waals surface area contributed by atoms with Gasteiger partial charge in [0, 0.05) is 11.8 Å². The fourth-order valence-corrected chi connectivity index (χ4v) is 2.07. The van der Waals surface area contributed by atoms with Crippen LogP contribution in [0.4, 0.5) is 18.9 Å². The molecule has 0 amide bonds. The van der Waals surface area contributed by atoms with Gasteiger partial charge in [0.25, 0.3) is 0 Å². The number of halogens is 3. The maximum absolute atomic E-state index is 13.2. The van der Waals surface area contributed by atoms with Crippen LogP contribution >= 0.6 is 0 Å². The highest BCUT2D eigenvalue weighted by molar-refractivity contribution is 6.22. The monoisotopic (exact) mass is 368 g/mol. The maximum atomic E-state index is 13.2. The zero-order valence-electron chi connectivity index (χ0n) is 14.8. The zero-order valence-corrected chi connectivity index (χ0v) is 14.8. The van der Waals surface area contributed by atoms with Gasteiger partial charge in [0.2, 0.25) is 0 Å². The molecule has 0 aromatic heterocycles. The molecule has 1 aromatic carbocycles. The van der Waals surface area contributed by atoms with Gasteiger partial charge in [-0.15, -0.1) is 6.58 Å². The van der Waals surface area contributed by atoms with Crippen molar-refractivity contribution in [2.75, 3.05) is 0 Å². The van der Waals surface area contributed by atoms with E-state index in [0.29, 0.717) is 18.2 Å². The van der Waals surface area contributed by atoms with Crippen molar-refractivity contribution < 1.29 is 23.1 Å². The molecule has 1 rings (SSSR count). The third-order valence-electron chi connectivity index (χ3n) is 3.05. The van der Waals surface area contributed by atoms with Crippen LogP contribution < -0.4 is 5.73 Å². The van der Waals surface area contributed by atoms with E-state index in [1.165, 1.54) is 12.1 Å². The SMILES string of the molecule is C=CC.C=Cc1c(CCC)cccc1N=C(/C(=C\N)C(=O)O)C(F)(F)F.